The maximum Gasteiger partial charge on any atom is 0.161 e. The number of hydrazine groups is 1. The molecule has 1 aromatic heterocycles. The molecular formula is C10H14N6O2. The first-order valence-corrected chi connectivity index (χ1v) is 5.21. The Labute approximate surface area is 103 Å². The third kappa shape index (κ3) is 2.50. The minimum atomic E-state index is 0.199. The van der Waals surface area contributed by atoms with Gasteiger partial charge in [-0.25, -0.2) is 5.84 Å². The van der Waals surface area contributed by atoms with E-state index in [1.54, 1.807) is 12.3 Å². The Morgan fingerprint density at radius 1 is 1.56 bits per heavy atom. The Kier molecular flexibility index (Phi) is 3.60. The predicted molar refractivity (Wildman–Crippen MR) is 65.5 cm³/mol. The Hall–Kier alpha value is -2.32. The Morgan fingerprint density at radius 2 is 2.39 bits per heavy atom. The van der Waals surface area contributed by atoms with Crippen LogP contribution in [0.4, 0.5) is 0 Å². The van der Waals surface area contributed by atoms with Gasteiger partial charge >= 0.3 is 0 Å². The third-order valence-corrected chi connectivity index (χ3v) is 2.44. The number of nitrogens with two attached hydrogens (primary N) is 2. The van der Waals surface area contributed by atoms with E-state index in [1.807, 2.05) is 12.1 Å². The smallest absolute Gasteiger partial charge is 0.161 e. The van der Waals surface area contributed by atoms with Crippen molar-refractivity contribution in [2.45, 2.75) is 6.61 Å². The van der Waals surface area contributed by atoms with Crippen LogP contribution in [0.5, 0.6) is 0 Å². The van der Waals surface area contributed by atoms with Crippen molar-refractivity contribution in [3.63, 3.8) is 0 Å². The second-order valence-electron chi connectivity index (χ2n) is 3.64. The molecule has 0 amide bonds. The number of aromatic nitrogens is 2. The molecule has 0 atom stereocenters. The van der Waals surface area contributed by atoms with Crippen molar-refractivity contribution in [1.82, 2.24) is 15.4 Å². The van der Waals surface area contributed by atoms with Crippen molar-refractivity contribution < 1.29 is 9.94 Å². The van der Waals surface area contributed by atoms with E-state index >= 15 is 0 Å². The van der Waals surface area contributed by atoms with Gasteiger partial charge in [0.15, 0.2) is 5.84 Å². The van der Waals surface area contributed by atoms with Crippen LogP contribution in [0.15, 0.2) is 29.5 Å². The fourth-order valence-corrected chi connectivity index (χ4v) is 1.54. The highest BCUT2D eigenvalue weighted by molar-refractivity contribution is 5.82. The van der Waals surface area contributed by atoms with Gasteiger partial charge in [0.25, 0.3) is 0 Å². The number of benzene rings is 1. The van der Waals surface area contributed by atoms with Crippen molar-refractivity contribution in [1.29, 1.82) is 0 Å². The molecule has 1 heterocycles. The maximum atomic E-state index is 9.34. The van der Waals surface area contributed by atoms with Crippen molar-refractivity contribution >= 4 is 16.7 Å². The van der Waals surface area contributed by atoms with Crippen LogP contribution >= 0.6 is 0 Å². The van der Waals surface area contributed by atoms with Crippen molar-refractivity contribution in [3.05, 3.63) is 30.0 Å². The predicted octanol–water partition coefficient (Wildman–Crippen LogP) is -0.474. The monoisotopic (exact) mass is 250 g/mol. The van der Waals surface area contributed by atoms with Crippen LogP contribution in [0, 0.1) is 0 Å². The molecule has 0 saturated carbocycles. The van der Waals surface area contributed by atoms with E-state index in [0.717, 1.165) is 15.8 Å². The molecule has 2 aromatic rings. The summed E-state index contributed by atoms with van der Waals surface area (Å²) in [6, 6.07) is 5.48. The molecule has 0 fully saturated rings. The van der Waals surface area contributed by atoms with Crippen LogP contribution in [-0.4, -0.2) is 27.6 Å². The minimum Gasteiger partial charge on any atom is -0.411 e. The first-order chi connectivity index (χ1) is 8.74. The van der Waals surface area contributed by atoms with Crippen LogP contribution < -0.4 is 17.1 Å². The molecule has 6 N–H and O–H groups in total. The molecule has 0 bridgehead atoms. The average molecular weight is 250 g/mol. The largest absolute Gasteiger partial charge is 0.411 e. The van der Waals surface area contributed by atoms with Crippen LogP contribution in [0.3, 0.4) is 0 Å². The summed E-state index contributed by atoms with van der Waals surface area (Å²) in [5, 5.41) is 17.3. The van der Waals surface area contributed by atoms with Crippen LogP contribution in [0.1, 0.15) is 5.56 Å². The molecule has 1 aromatic carbocycles. The number of nitrogens with zero attached hydrogens (tertiary/aromatic N) is 3. The van der Waals surface area contributed by atoms with Crippen LogP contribution in [-0.2, 0) is 11.3 Å². The number of nitrogens with one attached hydrogen (secondary N) is 1. The molecule has 8 nitrogen and oxygen atoms in total. The lowest BCUT2D eigenvalue weighted by atomic mass is 10.2. The van der Waals surface area contributed by atoms with Gasteiger partial charge in [0.1, 0.15) is 12.1 Å². The van der Waals surface area contributed by atoms with E-state index < -0.39 is 0 Å². The molecule has 2 rings (SSSR count). The van der Waals surface area contributed by atoms with Gasteiger partial charge < -0.3 is 21.2 Å². The summed E-state index contributed by atoms with van der Waals surface area (Å²) >= 11 is 0. The van der Waals surface area contributed by atoms with Gasteiger partial charge in [0.2, 0.25) is 0 Å². The fraction of sp³-hybridized carbons (Fsp3) is 0.200. The molecule has 0 aliphatic rings. The van der Waals surface area contributed by atoms with Gasteiger partial charge in [-0.1, -0.05) is 6.07 Å². The lowest BCUT2D eigenvalue weighted by Gasteiger charge is -2.06. The highest BCUT2D eigenvalue weighted by Gasteiger charge is 2.03. The molecule has 18 heavy (non-hydrogen) atoms. The number of hydrogen-bond donors (Lipinski definition) is 4. The zero-order valence-electron chi connectivity index (χ0n) is 9.58. The second kappa shape index (κ2) is 5.34. The number of rotatable bonds is 4. The van der Waals surface area contributed by atoms with Gasteiger partial charge in [-0.05, 0) is 17.7 Å². The summed E-state index contributed by atoms with van der Waals surface area (Å²) < 4.78 is 5.38. The summed E-state index contributed by atoms with van der Waals surface area (Å²) in [6.45, 7) is 0.581. The first-order valence-electron chi connectivity index (χ1n) is 5.21. The fourth-order valence-electron chi connectivity index (χ4n) is 1.54. The van der Waals surface area contributed by atoms with Crippen molar-refractivity contribution in [2.24, 2.45) is 16.8 Å². The summed E-state index contributed by atoms with van der Waals surface area (Å²) in [6.07, 6.45) is 1.58. The zero-order chi connectivity index (χ0) is 13.0. The SMILES string of the molecule is N/N=C(/COCc1ccc2c(cnn2O)c1)NN. The molecule has 96 valence electrons. The standard InChI is InChI=1S/C10H14N6O2/c11-14-10(15-12)6-18-5-7-1-2-9-8(3-7)4-13-16(9)17/h1-4,17H,5-6,11-12H2,(H,14,15). The number of fused-ring (bicyclic) bond motifs is 1. The number of hydrogen-bond acceptors (Lipinski definition) is 6. The molecule has 0 spiro atoms. The van der Waals surface area contributed by atoms with E-state index in [-0.39, 0.29) is 6.61 Å². The van der Waals surface area contributed by atoms with Crippen LogP contribution in [0.2, 0.25) is 0 Å². The first kappa shape index (κ1) is 12.1. The summed E-state index contributed by atoms with van der Waals surface area (Å²) in [5.74, 6) is 10.6. The second-order valence-corrected chi connectivity index (χ2v) is 3.64. The molecule has 0 saturated heterocycles. The van der Waals surface area contributed by atoms with Gasteiger partial charge in [0.05, 0.1) is 12.8 Å². The Bertz CT molecular complexity index is 564. The summed E-state index contributed by atoms with van der Waals surface area (Å²) in [5.41, 5.74) is 3.92. The van der Waals surface area contributed by atoms with Crippen molar-refractivity contribution in [2.75, 3.05) is 6.61 Å². The van der Waals surface area contributed by atoms with E-state index in [2.05, 4.69) is 15.6 Å². The molecule has 0 unspecified atom stereocenters. The van der Waals surface area contributed by atoms with E-state index in [9.17, 15) is 5.21 Å². The normalized spacial score (nSPS) is 11.9. The Balaban J connectivity index is 2.00. The summed E-state index contributed by atoms with van der Waals surface area (Å²) in [4.78, 5) is 0.831. The molecule has 0 aliphatic heterocycles. The Morgan fingerprint density at radius 3 is 3.11 bits per heavy atom. The quantitative estimate of drug-likeness (QED) is 0.191. The zero-order valence-corrected chi connectivity index (χ0v) is 9.58. The minimum absolute atomic E-state index is 0.199. The molecule has 8 heteroatoms. The average Bonchev–Trinajstić information content (AvgIpc) is 2.76. The van der Waals surface area contributed by atoms with Gasteiger partial charge in [-0.2, -0.15) is 5.10 Å². The van der Waals surface area contributed by atoms with Gasteiger partial charge in [0, 0.05) is 5.39 Å². The number of amidine groups is 1. The molecular weight excluding hydrogens is 236 g/mol. The van der Waals surface area contributed by atoms with E-state index in [1.165, 1.54) is 0 Å². The highest BCUT2D eigenvalue weighted by Crippen LogP contribution is 2.15. The lowest BCUT2D eigenvalue weighted by molar-refractivity contribution is 0.156. The molecule has 0 aliphatic carbocycles. The van der Waals surface area contributed by atoms with E-state index in [0.29, 0.717) is 18.0 Å². The number of hydrazone groups is 1. The number of ether oxygens (including phenoxy) is 1. The van der Waals surface area contributed by atoms with Gasteiger partial charge in [-0.15, -0.1) is 9.94 Å². The van der Waals surface area contributed by atoms with Crippen LogP contribution in [0.25, 0.3) is 10.9 Å². The van der Waals surface area contributed by atoms with Gasteiger partial charge in [-0.3, -0.25) is 0 Å². The van der Waals surface area contributed by atoms with E-state index in [4.69, 9.17) is 16.4 Å². The maximum absolute atomic E-state index is 9.34. The topological polar surface area (TPSA) is 124 Å². The highest BCUT2D eigenvalue weighted by atomic mass is 16.5. The summed E-state index contributed by atoms with van der Waals surface area (Å²) in [7, 11) is 0. The molecule has 0 radical (unpaired) electrons. The third-order valence-electron chi connectivity index (χ3n) is 2.44. The lowest BCUT2D eigenvalue weighted by Crippen LogP contribution is -2.34. The van der Waals surface area contributed by atoms with Crippen molar-refractivity contribution in [3.8, 4) is 0 Å².